The Morgan fingerprint density at radius 3 is 2.21 bits per heavy atom. The van der Waals surface area contributed by atoms with Gasteiger partial charge in [0.1, 0.15) is 11.6 Å². The third-order valence-corrected chi connectivity index (χ3v) is 3.97. The van der Waals surface area contributed by atoms with Gasteiger partial charge < -0.3 is 4.52 Å². The number of hydrogen-bond donors (Lipinski definition) is 0. The molecule has 1 aromatic heterocycles. The minimum Gasteiger partial charge on any atom is -0.338 e. The summed E-state index contributed by atoms with van der Waals surface area (Å²) in [6, 6.07) is 12.4. The molecule has 6 heteroatoms. The van der Waals surface area contributed by atoms with E-state index in [9.17, 15) is 8.78 Å². The van der Waals surface area contributed by atoms with Crippen LogP contribution in [0, 0.1) is 11.6 Å². The molecule has 1 atom stereocenters. The fraction of sp³-hybridized carbons (Fsp3) is 0.222. The highest BCUT2D eigenvalue weighted by Gasteiger charge is 2.16. The lowest BCUT2D eigenvalue weighted by molar-refractivity contribution is 0.216. The van der Waals surface area contributed by atoms with Crippen molar-refractivity contribution >= 4 is 0 Å². The van der Waals surface area contributed by atoms with Gasteiger partial charge in [-0.2, -0.15) is 4.98 Å². The Morgan fingerprint density at radius 2 is 1.58 bits per heavy atom. The molecule has 3 aromatic rings. The van der Waals surface area contributed by atoms with Crippen molar-refractivity contribution < 1.29 is 13.3 Å². The monoisotopic (exact) mass is 329 g/mol. The second kappa shape index (κ2) is 6.88. The zero-order chi connectivity index (χ0) is 17.1. The number of nitrogens with zero attached hydrogens (tertiary/aromatic N) is 3. The average molecular weight is 329 g/mol. The van der Waals surface area contributed by atoms with Gasteiger partial charge >= 0.3 is 0 Å². The second-order valence-corrected chi connectivity index (χ2v) is 5.66. The fourth-order valence-corrected chi connectivity index (χ4v) is 2.38. The molecule has 0 bridgehead atoms. The molecule has 0 aliphatic carbocycles. The normalized spacial score (nSPS) is 12.5. The van der Waals surface area contributed by atoms with Crippen LogP contribution in [0.2, 0.25) is 0 Å². The first-order valence-electron chi connectivity index (χ1n) is 7.57. The van der Waals surface area contributed by atoms with E-state index in [2.05, 4.69) is 10.1 Å². The number of rotatable bonds is 5. The van der Waals surface area contributed by atoms with E-state index in [1.807, 2.05) is 18.9 Å². The van der Waals surface area contributed by atoms with Crippen molar-refractivity contribution in [2.45, 2.75) is 19.5 Å². The summed E-state index contributed by atoms with van der Waals surface area (Å²) in [7, 11) is 1.93. The SMILES string of the molecule is CC(c1ccc(F)cc1)N(C)Cc1nc(-c2ccc(F)cc2)no1. The molecule has 2 aromatic carbocycles. The Labute approximate surface area is 138 Å². The predicted octanol–water partition coefficient (Wildman–Crippen LogP) is 4.21. The van der Waals surface area contributed by atoms with Crippen LogP contribution in [0.3, 0.4) is 0 Å². The van der Waals surface area contributed by atoms with Crippen LogP contribution in [-0.4, -0.2) is 22.1 Å². The molecular formula is C18H17F2N3O. The van der Waals surface area contributed by atoms with Crippen molar-refractivity contribution in [3.8, 4) is 11.4 Å². The van der Waals surface area contributed by atoms with Crippen LogP contribution in [0.4, 0.5) is 8.78 Å². The van der Waals surface area contributed by atoms with Crippen LogP contribution in [0.5, 0.6) is 0 Å². The van der Waals surface area contributed by atoms with Crippen molar-refractivity contribution in [3.05, 3.63) is 71.6 Å². The first-order valence-corrected chi connectivity index (χ1v) is 7.57. The van der Waals surface area contributed by atoms with Gasteiger partial charge in [-0.1, -0.05) is 17.3 Å². The van der Waals surface area contributed by atoms with Gasteiger partial charge in [-0.3, -0.25) is 4.90 Å². The van der Waals surface area contributed by atoms with Gasteiger partial charge in [0, 0.05) is 11.6 Å². The number of halogens is 2. The number of benzene rings is 2. The molecule has 0 aliphatic heterocycles. The molecule has 0 N–H and O–H groups in total. The van der Waals surface area contributed by atoms with Crippen LogP contribution < -0.4 is 0 Å². The molecule has 24 heavy (non-hydrogen) atoms. The summed E-state index contributed by atoms with van der Waals surface area (Å²) in [6.45, 7) is 2.47. The standard InChI is InChI=1S/C18H17F2N3O/c1-12(13-3-7-15(19)8-4-13)23(2)11-17-21-18(22-24-17)14-5-9-16(20)10-6-14/h3-10,12H,11H2,1-2H3. The van der Waals surface area contributed by atoms with E-state index >= 15 is 0 Å². The highest BCUT2D eigenvalue weighted by molar-refractivity contribution is 5.53. The Morgan fingerprint density at radius 1 is 1.00 bits per heavy atom. The summed E-state index contributed by atoms with van der Waals surface area (Å²) < 4.78 is 31.2. The minimum atomic E-state index is -0.310. The van der Waals surface area contributed by atoms with E-state index in [0.717, 1.165) is 5.56 Å². The van der Waals surface area contributed by atoms with Gasteiger partial charge in [-0.05, 0) is 55.9 Å². The fourth-order valence-electron chi connectivity index (χ4n) is 2.38. The van der Waals surface area contributed by atoms with Gasteiger partial charge in [0.15, 0.2) is 0 Å². The number of aromatic nitrogens is 2. The molecule has 124 valence electrons. The lowest BCUT2D eigenvalue weighted by Crippen LogP contribution is -2.22. The summed E-state index contributed by atoms with van der Waals surface area (Å²) in [5, 5.41) is 3.93. The van der Waals surface area contributed by atoms with E-state index in [1.54, 1.807) is 24.3 Å². The van der Waals surface area contributed by atoms with Crippen LogP contribution >= 0.6 is 0 Å². The summed E-state index contributed by atoms with van der Waals surface area (Å²) in [6.07, 6.45) is 0. The maximum Gasteiger partial charge on any atom is 0.241 e. The first-order chi connectivity index (χ1) is 11.5. The Hall–Kier alpha value is -2.60. The summed E-state index contributed by atoms with van der Waals surface area (Å²) in [4.78, 5) is 6.36. The highest BCUT2D eigenvalue weighted by atomic mass is 19.1. The first kappa shape index (κ1) is 16.3. The zero-order valence-electron chi connectivity index (χ0n) is 13.4. The average Bonchev–Trinajstić information content (AvgIpc) is 3.04. The molecule has 4 nitrogen and oxygen atoms in total. The predicted molar refractivity (Wildman–Crippen MR) is 86.0 cm³/mol. The van der Waals surface area contributed by atoms with Crippen LogP contribution in [0.1, 0.15) is 24.4 Å². The molecule has 0 fully saturated rings. The largest absolute Gasteiger partial charge is 0.338 e. The molecule has 0 amide bonds. The summed E-state index contributed by atoms with van der Waals surface area (Å²) >= 11 is 0. The minimum absolute atomic E-state index is 0.0618. The quantitative estimate of drug-likeness (QED) is 0.703. The van der Waals surface area contributed by atoms with Crippen LogP contribution in [-0.2, 0) is 6.54 Å². The molecule has 1 unspecified atom stereocenters. The van der Waals surface area contributed by atoms with Gasteiger partial charge in [-0.15, -0.1) is 0 Å². The van der Waals surface area contributed by atoms with Crippen LogP contribution in [0.15, 0.2) is 53.1 Å². The van der Waals surface area contributed by atoms with Gasteiger partial charge in [0.25, 0.3) is 0 Å². The molecule has 1 heterocycles. The van der Waals surface area contributed by atoms with Crippen molar-refractivity contribution in [2.75, 3.05) is 7.05 Å². The third kappa shape index (κ3) is 3.65. The lowest BCUT2D eigenvalue weighted by atomic mass is 10.1. The Kier molecular flexibility index (Phi) is 4.66. The zero-order valence-corrected chi connectivity index (χ0v) is 13.4. The van der Waals surface area contributed by atoms with E-state index in [0.29, 0.717) is 23.8 Å². The van der Waals surface area contributed by atoms with E-state index in [-0.39, 0.29) is 17.7 Å². The van der Waals surface area contributed by atoms with Gasteiger partial charge in [0.05, 0.1) is 6.54 Å². The van der Waals surface area contributed by atoms with E-state index in [4.69, 9.17) is 4.52 Å². The topological polar surface area (TPSA) is 42.2 Å². The maximum atomic E-state index is 13.0. The van der Waals surface area contributed by atoms with E-state index < -0.39 is 0 Å². The lowest BCUT2D eigenvalue weighted by Gasteiger charge is -2.23. The second-order valence-electron chi connectivity index (χ2n) is 5.66. The van der Waals surface area contributed by atoms with Crippen molar-refractivity contribution in [1.29, 1.82) is 0 Å². The van der Waals surface area contributed by atoms with Gasteiger partial charge in [0.2, 0.25) is 11.7 Å². The smallest absolute Gasteiger partial charge is 0.241 e. The highest BCUT2D eigenvalue weighted by Crippen LogP contribution is 2.22. The molecule has 0 saturated heterocycles. The summed E-state index contributed by atoms with van der Waals surface area (Å²) in [5.74, 6) is 0.323. The molecule has 3 rings (SSSR count). The molecule has 0 aliphatic rings. The molecular weight excluding hydrogens is 312 g/mol. The molecule has 0 saturated carbocycles. The molecule has 0 spiro atoms. The van der Waals surface area contributed by atoms with Crippen LogP contribution in [0.25, 0.3) is 11.4 Å². The maximum absolute atomic E-state index is 13.0. The Bertz CT molecular complexity index is 800. The molecule has 0 radical (unpaired) electrons. The Balaban J connectivity index is 1.69. The third-order valence-electron chi connectivity index (χ3n) is 3.97. The summed E-state index contributed by atoms with van der Waals surface area (Å²) in [5.41, 5.74) is 1.69. The van der Waals surface area contributed by atoms with Crippen molar-refractivity contribution in [1.82, 2.24) is 15.0 Å². The van der Waals surface area contributed by atoms with Gasteiger partial charge in [-0.25, -0.2) is 8.78 Å². The van der Waals surface area contributed by atoms with E-state index in [1.165, 1.54) is 24.3 Å². The van der Waals surface area contributed by atoms with Crippen molar-refractivity contribution in [2.24, 2.45) is 0 Å². The van der Waals surface area contributed by atoms with Crippen molar-refractivity contribution in [3.63, 3.8) is 0 Å². The number of hydrogen-bond acceptors (Lipinski definition) is 4.